The van der Waals surface area contributed by atoms with Crippen molar-refractivity contribution in [3.05, 3.63) is 71.5 Å². The van der Waals surface area contributed by atoms with Gasteiger partial charge in [0, 0.05) is 43.1 Å². The van der Waals surface area contributed by atoms with Gasteiger partial charge in [-0.2, -0.15) is 0 Å². The first kappa shape index (κ1) is 19.7. The van der Waals surface area contributed by atoms with Crippen LogP contribution in [0.25, 0.3) is 0 Å². The summed E-state index contributed by atoms with van der Waals surface area (Å²) in [6.07, 6.45) is 1.62. The van der Waals surface area contributed by atoms with Gasteiger partial charge in [-0.15, -0.1) is 0 Å². The predicted octanol–water partition coefficient (Wildman–Crippen LogP) is 3.21. The molecule has 1 aliphatic rings. The van der Waals surface area contributed by atoms with Gasteiger partial charge in [0.05, 0.1) is 0 Å². The largest absolute Gasteiger partial charge is 0.349 e. The number of ketones is 1. The molecule has 0 radical (unpaired) electrons. The number of carbonyl (C=O) groups is 3. The number of hydrogen-bond donors (Lipinski definition) is 1. The topological polar surface area (TPSA) is 66.5 Å². The van der Waals surface area contributed by atoms with Gasteiger partial charge in [0.25, 0.3) is 5.91 Å². The Labute approximate surface area is 163 Å². The number of carbonyl (C=O) groups excluding carboxylic acids is 3. The minimum absolute atomic E-state index is 0.0394. The van der Waals surface area contributed by atoms with Gasteiger partial charge in [0.2, 0.25) is 5.91 Å². The van der Waals surface area contributed by atoms with E-state index in [4.69, 9.17) is 0 Å². The summed E-state index contributed by atoms with van der Waals surface area (Å²) in [7, 11) is 0. The van der Waals surface area contributed by atoms with Gasteiger partial charge in [-0.25, -0.2) is 4.39 Å². The highest BCUT2D eigenvalue weighted by Gasteiger charge is 2.24. The van der Waals surface area contributed by atoms with Crippen LogP contribution in [0.4, 0.5) is 4.39 Å². The third-order valence-electron chi connectivity index (χ3n) is 4.95. The number of hydrogen-bond acceptors (Lipinski definition) is 3. The minimum atomic E-state index is -0.394. The molecule has 0 atom stereocenters. The standard InChI is InChI=1S/C22H23FN2O3/c23-18-8-6-16(7-9-18)20(26)10-11-21(27)25-14-12-19(13-15-25)24-22(28)17-4-2-1-3-5-17/h1-9,19H,10-15H2,(H,24,28). The average Bonchev–Trinajstić information content (AvgIpc) is 2.73. The van der Waals surface area contributed by atoms with Gasteiger partial charge in [-0.1, -0.05) is 18.2 Å². The molecule has 0 saturated carbocycles. The smallest absolute Gasteiger partial charge is 0.251 e. The number of benzene rings is 2. The third kappa shape index (κ3) is 5.25. The maximum atomic E-state index is 12.9. The highest BCUT2D eigenvalue weighted by atomic mass is 19.1. The second-order valence-corrected chi connectivity index (χ2v) is 6.92. The second-order valence-electron chi connectivity index (χ2n) is 6.92. The number of halogens is 1. The maximum Gasteiger partial charge on any atom is 0.251 e. The molecule has 0 unspecified atom stereocenters. The van der Waals surface area contributed by atoms with Crippen LogP contribution in [-0.2, 0) is 4.79 Å². The first-order valence-corrected chi connectivity index (χ1v) is 9.45. The van der Waals surface area contributed by atoms with E-state index in [1.54, 1.807) is 17.0 Å². The van der Waals surface area contributed by atoms with Gasteiger partial charge >= 0.3 is 0 Å². The number of rotatable bonds is 6. The summed E-state index contributed by atoms with van der Waals surface area (Å²) in [5.74, 6) is -0.730. The Balaban J connectivity index is 1.41. The average molecular weight is 382 g/mol. The fourth-order valence-electron chi connectivity index (χ4n) is 3.29. The van der Waals surface area contributed by atoms with Gasteiger partial charge in [-0.3, -0.25) is 14.4 Å². The molecule has 1 N–H and O–H groups in total. The Bertz CT molecular complexity index is 829. The van der Waals surface area contributed by atoms with Crippen molar-refractivity contribution >= 4 is 17.6 Å². The molecule has 1 aliphatic heterocycles. The van der Waals surface area contributed by atoms with E-state index in [0.717, 1.165) is 0 Å². The van der Waals surface area contributed by atoms with Crippen LogP contribution in [0.5, 0.6) is 0 Å². The van der Waals surface area contributed by atoms with Crippen LogP contribution in [-0.4, -0.2) is 41.6 Å². The van der Waals surface area contributed by atoms with Crippen molar-refractivity contribution in [3.63, 3.8) is 0 Å². The predicted molar refractivity (Wildman–Crippen MR) is 103 cm³/mol. The zero-order valence-corrected chi connectivity index (χ0v) is 15.6. The Morgan fingerprint density at radius 1 is 0.893 bits per heavy atom. The summed E-state index contributed by atoms with van der Waals surface area (Å²) in [4.78, 5) is 38.4. The summed E-state index contributed by atoms with van der Waals surface area (Å²) in [5.41, 5.74) is 1.04. The first-order chi connectivity index (χ1) is 13.5. The van der Waals surface area contributed by atoms with E-state index in [1.807, 2.05) is 18.2 Å². The van der Waals surface area contributed by atoms with E-state index >= 15 is 0 Å². The van der Waals surface area contributed by atoms with Crippen molar-refractivity contribution < 1.29 is 18.8 Å². The van der Waals surface area contributed by atoms with Gasteiger partial charge in [-0.05, 0) is 49.2 Å². The molecule has 5 nitrogen and oxygen atoms in total. The quantitative estimate of drug-likeness (QED) is 0.780. The summed E-state index contributed by atoms with van der Waals surface area (Å²) >= 11 is 0. The molecule has 2 aromatic carbocycles. The van der Waals surface area contributed by atoms with Crippen LogP contribution < -0.4 is 5.32 Å². The number of nitrogens with one attached hydrogen (secondary N) is 1. The summed E-state index contributed by atoms with van der Waals surface area (Å²) in [6, 6.07) is 14.4. The van der Waals surface area contributed by atoms with Gasteiger partial charge < -0.3 is 10.2 Å². The van der Waals surface area contributed by atoms with Crippen LogP contribution in [0.1, 0.15) is 46.4 Å². The van der Waals surface area contributed by atoms with Crippen molar-refractivity contribution in [1.82, 2.24) is 10.2 Å². The monoisotopic (exact) mass is 382 g/mol. The lowest BCUT2D eigenvalue weighted by Gasteiger charge is -2.32. The minimum Gasteiger partial charge on any atom is -0.349 e. The van der Waals surface area contributed by atoms with E-state index in [9.17, 15) is 18.8 Å². The zero-order chi connectivity index (χ0) is 19.9. The first-order valence-electron chi connectivity index (χ1n) is 9.45. The van der Waals surface area contributed by atoms with Crippen molar-refractivity contribution in [1.29, 1.82) is 0 Å². The molecule has 1 fully saturated rings. The molecule has 146 valence electrons. The highest BCUT2D eigenvalue weighted by Crippen LogP contribution is 2.14. The SMILES string of the molecule is O=C(CCC(=O)N1CCC(NC(=O)c2ccccc2)CC1)c1ccc(F)cc1. The van der Waals surface area contributed by atoms with E-state index in [1.165, 1.54) is 24.3 Å². The molecule has 1 heterocycles. The van der Waals surface area contributed by atoms with Gasteiger partial charge in [0.15, 0.2) is 5.78 Å². The van der Waals surface area contributed by atoms with Crippen molar-refractivity contribution in [2.24, 2.45) is 0 Å². The second kappa shape index (κ2) is 9.26. The summed E-state index contributed by atoms with van der Waals surface area (Å²) < 4.78 is 12.9. The summed E-state index contributed by atoms with van der Waals surface area (Å²) in [5, 5.41) is 3.01. The van der Waals surface area contributed by atoms with E-state index in [0.29, 0.717) is 37.1 Å². The van der Waals surface area contributed by atoms with Crippen molar-refractivity contribution in [2.45, 2.75) is 31.7 Å². The Hall–Kier alpha value is -3.02. The number of amides is 2. The van der Waals surface area contributed by atoms with Crippen molar-refractivity contribution in [3.8, 4) is 0 Å². The van der Waals surface area contributed by atoms with Crippen LogP contribution in [0.3, 0.4) is 0 Å². The molecule has 0 aromatic heterocycles. The molecule has 28 heavy (non-hydrogen) atoms. The van der Waals surface area contributed by atoms with E-state index in [-0.39, 0.29) is 36.5 Å². The Kier molecular flexibility index (Phi) is 6.53. The molecule has 0 spiro atoms. The number of nitrogens with zero attached hydrogens (tertiary/aromatic N) is 1. The highest BCUT2D eigenvalue weighted by molar-refractivity contribution is 5.98. The zero-order valence-electron chi connectivity index (χ0n) is 15.6. The van der Waals surface area contributed by atoms with E-state index in [2.05, 4.69) is 5.32 Å². The molecule has 2 amide bonds. The maximum absolute atomic E-state index is 12.9. The fraction of sp³-hybridized carbons (Fsp3) is 0.318. The summed E-state index contributed by atoms with van der Waals surface area (Å²) in [6.45, 7) is 1.12. The van der Waals surface area contributed by atoms with Crippen LogP contribution in [0, 0.1) is 5.82 Å². The van der Waals surface area contributed by atoms with Crippen molar-refractivity contribution in [2.75, 3.05) is 13.1 Å². The fourth-order valence-corrected chi connectivity index (χ4v) is 3.29. The van der Waals surface area contributed by atoms with Crippen LogP contribution >= 0.6 is 0 Å². The van der Waals surface area contributed by atoms with Crippen LogP contribution in [0.2, 0.25) is 0 Å². The van der Waals surface area contributed by atoms with E-state index < -0.39 is 5.82 Å². The number of piperidine rings is 1. The number of likely N-dealkylation sites (tertiary alicyclic amines) is 1. The Morgan fingerprint density at radius 2 is 1.54 bits per heavy atom. The Morgan fingerprint density at radius 3 is 2.18 bits per heavy atom. The molecule has 0 aliphatic carbocycles. The molecule has 6 heteroatoms. The molecule has 1 saturated heterocycles. The lowest BCUT2D eigenvalue weighted by atomic mass is 10.0. The third-order valence-corrected chi connectivity index (χ3v) is 4.95. The lowest BCUT2D eigenvalue weighted by molar-refractivity contribution is -0.132. The molecule has 3 rings (SSSR count). The van der Waals surface area contributed by atoms with Crippen LogP contribution in [0.15, 0.2) is 54.6 Å². The molecular formula is C22H23FN2O3. The normalized spacial score (nSPS) is 14.5. The lowest BCUT2D eigenvalue weighted by Crippen LogP contribution is -2.46. The molecular weight excluding hydrogens is 359 g/mol. The molecule has 2 aromatic rings. The van der Waals surface area contributed by atoms with Gasteiger partial charge in [0.1, 0.15) is 5.82 Å². The number of Topliss-reactive ketones (excluding diaryl/α,β-unsaturated/α-hetero) is 1. The molecule has 0 bridgehead atoms.